The third-order valence-electron chi connectivity index (χ3n) is 8.80. The lowest BCUT2D eigenvalue weighted by Gasteiger charge is -2.22. The second-order valence-corrected chi connectivity index (χ2v) is 11.6. The molecule has 0 bridgehead atoms. The average Bonchev–Trinajstić information content (AvgIpc) is 3.47. The van der Waals surface area contributed by atoms with E-state index in [1.54, 1.807) is 13.2 Å². The van der Waals surface area contributed by atoms with Gasteiger partial charge in [-0.2, -0.15) is 4.98 Å². The van der Waals surface area contributed by atoms with Gasteiger partial charge in [-0.25, -0.2) is 4.98 Å². The fraction of sp³-hybridized carbons (Fsp3) is 0.414. The molecule has 1 amide bonds. The number of benzene rings is 2. The van der Waals surface area contributed by atoms with Crippen LogP contribution in [0.25, 0.3) is 0 Å². The van der Waals surface area contributed by atoms with Crippen LogP contribution in [0.1, 0.15) is 28.8 Å². The highest BCUT2D eigenvalue weighted by Crippen LogP contribution is 2.57. The van der Waals surface area contributed by atoms with Gasteiger partial charge in [0.05, 0.1) is 30.1 Å². The number of hydrogen-bond donors (Lipinski definition) is 1. The molecular weight excluding hydrogens is 516 g/mol. The predicted octanol–water partition coefficient (Wildman–Crippen LogP) is 4.75. The van der Waals surface area contributed by atoms with Crippen molar-refractivity contribution >= 4 is 34.8 Å². The van der Waals surface area contributed by atoms with E-state index in [1.165, 1.54) is 6.20 Å². The van der Waals surface area contributed by atoms with Crippen LogP contribution in [0.15, 0.2) is 42.6 Å². The van der Waals surface area contributed by atoms with Gasteiger partial charge in [0.2, 0.25) is 11.8 Å². The van der Waals surface area contributed by atoms with Crippen molar-refractivity contribution in [1.29, 1.82) is 0 Å². The van der Waals surface area contributed by atoms with Crippen molar-refractivity contribution in [2.75, 3.05) is 57.6 Å². The Balaban J connectivity index is 1.12. The Morgan fingerprint density at radius 3 is 2.54 bits per heavy atom. The van der Waals surface area contributed by atoms with E-state index in [0.717, 1.165) is 67.8 Å². The molecule has 1 aromatic heterocycles. The molecular formula is C29H31ClN6O3. The number of ether oxygens (including phenoxy) is 2. The highest BCUT2D eigenvalue weighted by molar-refractivity contribution is 6.31. The molecule has 1 aliphatic carbocycles. The number of carbonyl (C=O) groups is 1. The highest BCUT2D eigenvalue weighted by atomic mass is 35.5. The zero-order chi connectivity index (χ0) is 26.9. The summed E-state index contributed by atoms with van der Waals surface area (Å²) in [6.45, 7) is 4.45. The normalized spacial score (nSPS) is 22.8. The van der Waals surface area contributed by atoms with Gasteiger partial charge in [-0.05, 0) is 55.5 Å². The minimum Gasteiger partial charge on any atom is -0.494 e. The first-order valence-electron chi connectivity index (χ1n) is 13.4. The van der Waals surface area contributed by atoms with Crippen LogP contribution in [0.3, 0.4) is 0 Å². The van der Waals surface area contributed by atoms with Crippen molar-refractivity contribution in [3.63, 3.8) is 0 Å². The van der Waals surface area contributed by atoms with Gasteiger partial charge in [0.1, 0.15) is 16.5 Å². The zero-order valence-electron chi connectivity index (χ0n) is 22.3. The summed E-state index contributed by atoms with van der Waals surface area (Å²) in [5, 5.41) is 3.50. The second-order valence-electron chi connectivity index (χ2n) is 11.2. The Bertz CT molecular complexity index is 1460. The van der Waals surface area contributed by atoms with Crippen molar-refractivity contribution in [2.45, 2.75) is 18.4 Å². The topological polar surface area (TPSA) is 83.1 Å². The van der Waals surface area contributed by atoms with Crippen LogP contribution in [0.4, 0.5) is 17.3 Å². The molecule has 1 saturated carbocycles. The number of halogens is 1. The van der Waals surface area contributed by atoms with Crippen LogP contribution < -0.4 is 19.7 Å². The summed E-state index contributed by atoms with van der Waals surface area (Å²) in [7, 11) is 5.71. The van der Waals surface area contributed by atoms with Crippen LogP contribution in [-0.2, 0) is 5.54 Å². The van der Waals surface area contributed by atoms with E-state index in [0.29, 0.717) is 23.0 Å². The molecule has 9 nitrogen and oxygen atoms in total. The molecule has 202 valence electrons. The summed E-state index contributed by atoms with van der Waals surface area (Å²) in [4.78, 5) is 28.6. The van der Waals surface area contributed by atoms with Crippen molar-refractivity contribution in [1.82, 2.24) is 19.8 Å². The number of nitrogens with zero attached hydrogens (tertiary/aromatic N) is 5. The molecule has 39 heavy (non-hydrogen) atoms. The van der Waals surface area contributed by atoms with Gasteiger partial charge in [-0.3, -0.25) is 4.79 Å². The second kappa shape index (κ2) is 8.99. The Morgan fingerprint density at radius 1 is 1.05 bits per heavy atom. The minimum absolute atomic E-state index is 0.0416. The molecule has 0 radical (unpaired) electrons. The van der Waals surface area contributed by atoms with Crippen molar-refractivity contribution in [3.05, 3.63) is 58.7 Å². The molecule has 4 aliphatic rings. The summed E-state index contributed by atoms with van der Waals surface area (Å²) in [6.07, 6.45) is 3.42. The van der Waals surface area contributed by atoms with Crippen LogP contribution in [0.5, 0.6) is 17.4 Å². The van der Waals surface area contributed by atoms with Gasteiger partial charge in [-0.1, -0.05) is 23.7 Å². The number of nitrogens with one attached hydrogen (secondary N) is 1. The average molecular weight is 547 g/mol. The largest absolute Gasteiger partial charge is 0.494 e. The monoisotopic (exact) mass is 546 g/mol. The molecule has 2 atom stereocenters. The number of fused-ring (bicyclic) bond motifs is 3. The number of hydrogen-bond acceptors (Lipinski definition) is 8. The van der Waals surface area contributed by atoms with Gasteiger partial charge in [0.25, 0.3) is 5.91 Å². The van der Waals surface area contributed by atoms with E-state index in [2.05, 4.69) is 44.3 Å². The smallest absolute Gasteiger partial charge is 0.258 e. The molecule has 2 saturated heterocycles. The molecule has 10 heteroatoms. The van der Waals surface area contributed by atoms with Gasteiger partial charge in [-0.15, -0.1) is 0 Å². The lowest BCUT2D eigenvalue weighted by atomic mass is 10.0. The molecule has 3 aliphatic heterocycles. The van der Waals surface area contributed by atoms with Crippen LogP contribution >= 0.6 is 11.6 Å². The van der Waals surface area contributed by atoms with Crippen LogP contribution in [0, 0.1) is 11.8 Å². The molecule has 3 fully saturated rings. The first-order chi connectivity index (χ1) is 18.9. The first-order valence-corrected chi connectivity index (χ1v) is 13.7. The Labute approximate surface area is 232 Å². The number of anilines is 3. The summed E-state index contributed by atoms with van der Waals surface area (Å²) in [6, 6.07) is 11.8. The van der Waals surface area contributed by atoms with Crippen molar-refractivity contribution in [2.24, 2.45) is 11.8 Å². The predicted molar refractivity (Wildman–Crippen MR) is 150 cm³/mol. The number of amides is 1. The SMILES string of the molecule is COc1cc(N2CC3CN(C)CC3C2)ccc1Nc1ncc(Cl)c(Oc2cccc3c2C(=O)N(C)C32CC2)n1. The van der Waals surface area contributed by atoms with E-state index in [9.17, 15) is 4.79 Å². The standard InChI is InChI=1S/C29H31ClN6O3/c1-34-13-17-15-36(16-18(17)14-34)19-7-8-22(24(11-19)38-3)32-28-31-12-21(30)26(33-28)39-23-6-4-5-20-25(23)27(37)35(2)29(20)9-10-29/h4-8,11-12,17-18H,9-10,13-16H2,1-3H3,(H,31,32,33). The number of likely N-dealkylation sites (tertiary alicyclic amines) is 1. The fourth-order valence-corrected chi connectivity index (χ4v) is 6.75. The van der Waals surface area contributed by atoms with Gasteiger partial charge in [0, 0.05) is 45.0 Å². The van der Waals surface area contributed by atoms with Crippen LogP contribution in [0.2, 0.25) is 5.02 Å². The van der Waals surface area contributed by atoms with E-state index in [1.807, 2.05) is 30.1 Å². The summed E-state index contributed by atoms with van der Waals surface area (Å²) >= 11 is 6.43. The van der Waals surface area contributed by atoms with E-state index in [-0.39, 0.29) is 22.3 Å². The molecule has 1 spiro atoms. The quantitative estimate of drug-likeness (QED) is 0.474. The Kier molecular flexibility index (Phi) is 5.64. The molecule has 2 unspecified atom stereocenters. The minimum atomic E-state index is -0.194. The van der Waals surface area contributed by atoms with Crippen molar-refractivity contribution < 1.29 is 14.3 Å². The third kappa shape index (κ3) is 3.98. The van der Waals surface area contributed by atoms with E-state index in [4.69, 9.17) is 21.1 Å². The highest BCUT2D eigenvalue weighted by Gasteiger charge is 2.57. The van der Waals surface area contributed by atoms with Gasteiger partial charge >= 0.3 is 0 Å². The summed E-state index contributed by atoms with van der Waals surface area (Å²) in [5.74, 6) is 3.04. The lowest BCUT2D eigenvalue weighted by Crippen LogP contribution is -2.28. The lowest BCUT2D eigenvalue weighted by molar-refractivity contribution is 0.0753. The number of aromatic nitrogens is 2. The Hall–Kier alpha value is -3.56. The summed E-state index contributed by atoms with van der Waals surface area (Å²) < 4.78 is 11.9. The fourth-order valence-electron chi connectivity index (χ4n) is 6.62. The van der Waals surface area contributed by atoms with E-state index >= 15 is 0 Å². The molecule has 1 N–H and O–H groups in total. The van der Waals surface area contributed by atoms with Gasteiger partial charge in [0.15, 0.2) is 0 Å². The van der Waals surface area contributed by atoms with Gasteiger partial charge < -0.3 is 29.5 Å². The maximum atomic E-state index is 13.1. The number of methoxy groups -OCH3 is 1. The maximum Gasteiger partial charge on any atom is 0.258 e. The molecule has 7 rings (SSSR count). The van der Waals surface area contributed by atoms with Crippen LogP contribution in [-0.4, -0.2) is 73.1 Å². The van der Waals surface area contributed by atoms with E-state index < -0.39 is 0 Å². The molecule has 2 aromatic carbocycles. The molecule has 3 aromatic rings. The number of carbonyl (C=O) groups excluding carboxylic acids is 1. The number of rotatable bonds is 6. The maximum absolute atomic E-state index is 13.1. The summed E-state index contributed by atoms with van der Waals surface area (Å²) in [5.41, 5.74) is 3.28. The third-order valence-corrected chi connectivity index (χ3v) is 9.06. The zero-order valence-corrected chi connectivity index (χ0v) is 23.0. The Morgan fingerprint density at radius 2 is 1.82 bits per heavy atom. The van der Waals surface area contributed by atoms with Crippen molar-refractivity contribution in [3.8, 4) is 17.4 Å². The first kappa shape index (κ1) is 24.5. The molecule has 4 heterocycles.